The zero-order chi connectivity index (χ0) is 22.4. The Bertz CT molecular complexity index is 1150. The summed E-state index contributed by atoms with van der Waals surface area (Å²) in [4.78, 5) is 0. The van der Waals surface area contributed by atoms with E-state index < -0.39 is 102 Å². The van der Waals surface area contributed by atoms with E-state index in [-0.39, 0.29) is 0 Å². The quantitative estimate of drug-likeness (QED) is 0.154. The first-order valence-corrected chi connectivity index (χ1v) is 7.59. The van der Waals surface area contributed by atoms with Crippen LogP contribution in [0.5, 0.6) is 11.5 Å². The van der Waals surface area contributed by atoms with Gasteiger partial charge in [-0.3, -0.25) is 0 Å². The first-order chi connectivity index (χ1) is 13.9. The number of rotatable bonds is 0. The van der Waals surface area contributed by atoms with Crippen LogP contribution in [0.1, 0.15) is 0 Å². The van der Waals surface area contributed by atoms with E-state index in [1.165, 1.54) is 0 Å². The fourth-order valence-corrected chi connectivity index (χ4v) is 3.34. The van der Waals surface area contributed by atoms with Crippen LogP contribution >= 0.6 is 0 Å². The molecule has 0 atom stereocenters. The molecule has 0 saturated heterocycles. The standard InChI is InChI=1S/C18H2F10O2/c19-7-1-3-2(10(22)15(27)18(30)11(3)23)5-6(4(1)8(20)13(25)12(7)24)17(29)16(28)14(26)9(5)21/h29-30H. The zero-order valence-corrected chi connectivity index (χ0v) is 13.7. The molecule has 4 rings (SSSR count). The van der Waals surface area contributed by atoms with E-state index in [1.807, 2.05) is 0 Å². The van der Waals surface area contributed by atoms with Crippen molar-refractivity contribution in [2.75, 3.05) is 0 Å². The molecule has 156 valence electrons. The first-order valence-electron chi connectivity index (χ1n) is 7.59. The number of hydrogen-bond acceptors (Lipinski definition) is 2. The summed E-state index contributed by atoms with van der Waals surface area (Å²) in [5.74, 6) is -28.5. The van der Waals surface area contributed by atoms with Gasteiger partial charge in [-0.25, -0.2) is 35.1 Å². The lowest BCUT2D eigenvalue weighted by Gasteiger charge is -2.17. The van der Waals surface area contributed by atoms with Crippen LogP contribution < -0.4 is 0 Å². The van der Waals surface area contributed by atoms with Crippen molar-refractivity contribution in [3.8, 4) is 11.5 Å². The molecule has 0 aromatic heterocycles. The van der Waals surface area contributed by atoms with Gasteiger partial charge in [0.1, 0.15) is 0 Å². The highest BCUT2D eigenvalue weighted by atomic mass is 19.2. The molecule has 2 N–H and O–H groups in total. The Kier molecular flexibility index (Phi) is 3.99. The molecular weight excluding hydrogens is 438 g/mol. The lowest BCUT2D eigenvalue weighted by Crippen LogP contribution is -2.05. The summed E-state index contributed by atoms with van der Waals surface area (Å²) >= 11 is 0. The predicted octanol–water partition coefficient (Wildman–Crippen LogP) is 5.95. The second-order valence-corrected chi connectivity index (χ2v) is 6.09. The van der Waals surface area contributed by atoms with Crippen LogP contribution in [0.2, 0.25) is 0 Å². The monoisotopic (exact) mass is 440 g/mol. The van der Waals surface area contributed by atoms with Gasteiger partial charge in [0.25, 0.3) is 0 Å². The maximum Gasteiger partial charge on any atom is 0.204 e. The van der Waals surface area contributed by atoms with Crippen LogP contribution in [-0.4, -0.2) is 10.2 Å². The topological polar surface area (TPSA) is 40.5 Å². The number of halogens is 10. The molecule has 12 heteroatoms. The normalized spacial score (nSPS) is 11.9. The Balaban J connectivity index is 2.66. The molecule has 0 bridgehead atoms. The molecule has 30 heavy (non-hydrogen) atoms. The SMILES string of the molecule is Oc1c(F)c(F)c2c3c(F)c(F)c(F)c(O)c3c3c(F)c(F)c(F)c(F)c3c2c1F. The summed E-state index contributed by atoms with van der Waals surface area (Å²) < 4.78 is 142. The fraction of sp³-hybridized carbons (Fsp3) is 0. The van der Waals surface area contributed by atoms with Crippen molar-refractivity contribution in [3.63, 3.8) is 0 Å². The lowest BCUT2D eigenvalue weighted by atomic mass is 9.91. The van der Waals surface area contributed by atoms with E-state index in [4.69, 9.17) is 0 Å². The number of phenols is 2. The van der Waals surface area contributed by atoms with Crippen molar-refractivity contribution in [2.24, 2.45) is 0 Å². The van der Waals surface area contributed by atoms with Gasteiger partial charge in [0.05, 0.1) is 0 Å². The van der Waals surface area contributed by atoms with Gasteiger partial charge in [-0.15, -0.1) is 0 Å². The largest absolute Gasteiger partial charge is 0.504 e. The summed E-state index contributed by atoms with van der Waals surface area (Å²) in [6.07, 6.45) is 0. The summed E-state index contributed by atoms with van der Waals surface area (Å²) in [5.41, 5.74) is 0. The third-order valence-electron chi connectivity index (χ3n) is 4.61. The summed E-state index contributed by atoms with van der Waals surface area (Å²) in [6.45, 7) is 0. The molecule has 4 aromatic carbocycles. The van der Waals surface area contributed by atoms with E-state index >= 15 is 0 Å². The third kappa shape index (κ3) is 2.10. The van der Waals surface area contributed by atoms with Crippen LogP contribution in [0.4, 0.5) is 43.9 Å². The highest BCUT2D eigenvalue weighted by molar-refractivity contribution is 6.27. The molecule has 4 aromatic rings. The zero-order valence-electron chi connectivity index (χ0n) is 13.7. The summed E-state index contributed by atoms with van der Waals surface area (Å²) in [6, 6.07) is 0. The maximum absolute atomic E-state index is 14.5. The van der Waals surface area contributed by atoms with E-state index in [0.717, 1.165) is 0 Å². The van der Waals surface area contributed by atoms with Crippen LogP contribution in [-0.2, 0) is 0 Å². The van der Waals surface area contributed by atoms with Crippen LogP contribution in [0.3, 0.4) is 0 Å². The fourth-order valence-electron chi connectivity index (χ4n) is 3.34. The van der Waals surface area contributed by atoms with E-state index in [2.05, 4.69) is 0 Å². The van der Waals surface area contributed by atoms with Gasteiger partial charge in [0.15, 0.2) is 58.0 Å². The van der Waals surface area contributed by atoms with E-state index in [0.29, 0.717) is 0 Å². The van der Waals surface area contributed by atoms with Gasteiger partial charge in [0, 0.05) is 32.3 Å². The maximum atomic E-state index is 14.5. The second-order valence-electron chi connectivity index (χ2n) is 6.09. The van der Waals surface area contributed by atoms with Crippen molar-refractivity contribution in [3.05, 3.63) is 58.2 Å². The molecule has 0 saturated carbocycles. The molecule has 0 amide bonds. The van der Waals surface area contributed by atoms with Gasteiger partial charge >= 0.3 is 0 Å². The Morgan fingerprint density at radius 1 is 0.267 bits per heavy atom. The molecule has 0 radical (unpaired) electrons. The first kappa shape index (κ1) is 19.9. The van der Waals surface area contributed by atoms with Crippen LogP contribution in [0.15, 0.2) is 0 Å². The highest BCUT2D eigenvalue weighted by Crippen LogP contribution is 2.48. The molecule has 0 unspecified atom stereocenters. The molecule has 0 fully saturated rings. The Morgan fingerprint density at radius 2 is 0.533 bits per heavy atom. The Morgan fingerprint density at radius 3 is 0.967 bits per heavy atom. The molecule has 0 aliphatic rings. The van der Waals surface area contributed by atoms with Crippen molar-refractivity contribution < 1.29 is 54.1 Å². The van der Waals surface area contributed by atoms with Crippen molar-refractivity contribution >= 4 is 32.3 Å². The third-order valence-corrected chi connectivity index (χ3v) is 4.61. The Hall–Kier alpha value is -3.44. The van der Waals surface area contributed by atoms with Crippen LogP contribution in [0, 0.1) is 58.2 Å². The van der Waals surface area contributed by atoms with Crippen molar-refractivity contribution in [1.82, 2.24) is 0 Å². The molecule has 2 nitrogen and oxygen atoms in total. The number of phenolic OH excluding ortho intramolecular Hbond substituents is 2. The number of hydrogen-bond donors (Lipinski definition) is 2. The van der Waals surface area contributed by atoms with Gasteiger partial charge in [-0.05, 0) is 0 Å². The minimum absolute atomic E-state index is 1.63. The minimum Gasteiger partial charge on any atom is -0.504 e. The second kappa shape index (κ2) is 6.03. The Labute approximate surface area is 157 Å². The predicted molar refractivity (Wildman–Crippen MR) is 81.9 cm³/mol. The number of benzene rings is 4. The molecular formula is C18H2F10O2. The van der Waals surface area contributed by atoms with Crippen molar-refractivity contribution in [1.29, 1.82) is 0 Å². The minimum atomic E-state index is -2.58. The van der Waals surface area contributed by atoms with Gasteiger partial charge in [-0.1, -0.05) is 0 Å². The van der Waals surface area contributed by atoms with Gasteiger partial charge in [-0.2, -0.15) is 8.78 Å². The van der Waals surface area contributed by atoms with Gasteiger partial charge < -0.3 is 10.2 Å². The van der Waals surface area contributed by atoms with Crippen molar-refractivity contribution in [2.45, 2.75) is 0 Å². The highest BCUT2D eigenvalue weighted by Gasteiger charge is 2.34. The van der Waals surface area contributed by atoms with Crippen LogP contribution in [0.25, 0.3) is 32.3 Å². The molecule has 0 aliphatic heterocycles. The summed E-state index contributed by atoms with van der Waals surface area (Å²) in [5, 5.41) is 8.96. The number of fused-ring (bicyclic) bond motifs is 6. The smallest absolute Gasteiger partial charge is 0.204 e. The number of aromatic hydroxyl groups is 2. The molecule has 0 aliphatic carbocycles. The average Bonchev–Trinajstić information content (AvgIpc) is 2.73. The van der Waals surface area contributed by atoms with E-state index in [9.17, 15) is 54.1 Å². The average molecular weight is 440 g/mol. The van der Waals surface area contributed by atoms with Gasteiger partial charge in [0.2, 0.25) is 11.6 Å². The molecule has 0 heterocycles. The lowest BCUT2D eigenvalue weighted by molar-refractivity contribution is 0.382. The molecule has 0 spiro atoms. The van der Waals surface area contributed by atoms with E-state index in [1.54, 1.807) is 0 Å². The summed E-state index contributed by atoms with van der Waals surface area (Å²) in [7, 11) is 0.